The molecule has 0 fully saturated rings. The van der Waals surface area contributed by atoms with Gasteiger partial charge >= 0.3 is 0 Å². The van der Waals surface area contributed by atoms with Gasteiger partial charge < -0.3 is 0 Å². The summed E-state index contributed by atoms with van der Waals surface area (Å²) < 4.78 is 0. The van der Waals surface area contributed by atoms with Crippen LogP contribution in [0.5, 0.6) is 0 Å². The molecule has 0 nitrogen and oxygen atoms in total. The number of halogens is 2. The summed E-state index contributed by atoms with van der Waals surface area (Å²) >= 11 is 7.53. The maximum absolute atomic E-state index is 3.76. The second kappa shape index (κ2) is 5.13. The van der Waals surface area contributed by atoms with E-state index in [-0.39, 0.29) is 0 Å². The van der Waals surface area contributed by atoms with Crippen LogP contribution in [0, 0.1) is 0 Å². The smallest absolute Gasteiger partial charge is 0.110 e. The Bertz CT molecular complexity index is 270. The summed E-state index contributed by atoms with van der Waals surface area (Å²) in [5, 5.41) is -1.44. The molecule has 0 aromatic heterocycles. The Kier molecular flexibility index (Phi) is 4.42. The van der Waals surface area contributed by atoms with E-state index in [1.54, 1.807) is 0 Å². The molecule has 1 aromatic rings. The van der Waals surface area contributed by atoms with Gasteiger partial charge in [-0.25, -0.2) is 0 Å². The van der Waals surface area contributed by atoms with Crippen LogP contribution in [0.15, 0.2) is 43.0 Å². The minimum Gasteiger partial charge on any atom is -0.110 e. The minimum absolute atomic E-state index is 1.04. The highest BCUT2D eigenvalue weighted by molar-refractivity contribution is 9.51. The van der Waals surface area contributed by atoms with E-state index in [1.165, 1.54) is 5.56 Å². The van der Waals surface area contributed by atoms with Gasteiger partial charge in [0.2, 0.25) is 5.31 Å². The summed E-state index contributed by atoms with van der Waals surface area (Å²) in [5.74, 6) is 0. The van der Waals surface area contributed by atoms with Crippen molar-refractivity contribution in [3.8, 4) is 0 Å². The minimum atomic E-state index is -1.44. The van der Waals surface area contributed by atoms with Gasteiger partial charge in [0.25, 0.3) is 0 Å². The highest BCUT2D eigenvalue weighted by Crippen LogP contribution is 2.29. The normalized spacial score (nSPS) is 11.2. The Morgan fingerprint density at radius 2 is 1.85 bits per heavy atom. The summed E-state index contributed by atoms with van der Waals surface area (Å²) in [6.45, 7) is 3.76. The lowest BCUT2D eigenvalue weighted by Crippen LogP contribution is -2.20. The van der Waals surface area contributed by atoms with Gasteiger partial charge in [-0.3, -0.25) is 0 Å². The zero-order valence-corrected chi connectivity index (χ0v) is 11.5. The summed E-state index contributed by atoms with van der Waals surface area (Å²) in [7, 11) is 0. The third-order valence-corrected chi connectivity index (χ3v) is 7.18. The second-order valence-electron chi connectivity index (χ2n) is 3.01. The molecule has 0 aliphatic heterocycles. The fourth-order valence-corrected chi connectivity index (χ4v) is 5.89. The molecule has 0 atom stereocenters. The SMILES string of the molecule is C=CC[Si](Br)(Br)Cc1ccccc1. The van der Waals surface area contributed by atoms with E-state index in [1.807, 2.05) is 12.1 Å². The van der Waals surface area contributed by atoms with Crippen LogP contribution in [-0.2, 0) is 6.04 Å². The van der Waals surface area contributed by atoms with Crippen LogP contribution in [0.1, 0.15) is 5.56 Å². The molecule has 0 heterocycles. The van der Waals surface area contributed by atoms with E-state index in [0.29, 0.717) is 0 Å². The number of benzene rings is 1. The maximum atomic E-state index is 3.76. The number of hydrogen-bond donors (Lipinski definition) is 0. The van der Waals surface area contributed by atoms with Gasteiger partial charge in [-0.05, 0) is 17.7 Å². The third kappa shape index (κ3) is 4.25. The van der Waals surface area contributed by atoms with E-state index in [4.69, 9.17) is 0 Å². The van der Waals surface area contributed by atoms with Gasteiger partial charge in [0.15, 0.2) is 0 Å². The van der Waals surface area contributed by atoms with E-state index >= 15 is 0 Å². The molecule has 1 rings (SSSR count). The zero-order chi connectivity index (χ0) is 9.73. The summed E-state index contributed by atoms with van der Waals surface area (Å²) in [4.78, 5) is 0. The number of hydrogen-bond acceptors (Lipinski definition) is 0. The molecule has 0 saturated heterocycles. The van der Waals surface area contributed by atoms with Crippen molar-refractivity contribution < 1.29 is 0 Å². The molecule has 0 bridgehead atoms. The molecule has 3 heteroatoms. The van der Waals surface area contributed by atoms with Crippen molar-refractivity contribution in [3.05, 3.63) is 48.6 Å². The standard InChI is InChI=1S/C10H12Br2Si/c1-2-8-13(11,12)9-10-6-4-3-5-7-10/h2-7H,1,8-9H2. The lowest BCUT2D eigenvalue weighted by Gasteiger charge is -2.15. The molecule has 70 valence electrons. The van der Waals surface area contributed by atoms with Gasteiger partial charge in [-0.15, -0.1) is 37.2 Å². The topological polar surface area (TPSA) is 0 Å². The Morgan fingerprint density at radius 3 is 2.38 bits per heavy atom. The largest absolute Gasteiger partial charge is 0.208 e. The first kappa shape index (κ1) is 11.2. The van der Waals surface area contributed by atoms with Crippen molar-refractivity contribution >= 4 is 35.9 Å². The van der Waals surface area contributed by atoms with Gasteiger partial charge in [0, 0.05) is 0 Å². The first-order valence-corrected chi connectivity index (χ1v) is 11.1. The molecule has 0 N–H and O–H groups in total. The molecule has 0 spiro atoms. The highest BCUT2D eigenvalue weighted by Gasteiger charge is 2.24. The van der Waals surface area contributed by atoms with Gasteiger partial charge in [0.05, 0.1) is 0 Å². The molecule has 0 unspecified atom stereocenters. The highest BCUT2D eigenvalue weighted by atomic mass is 79.9. The predicted octanol–water partition coefficient (Wildman–Crippen LogP) is 4.19. The third-order valence-electron chi connectivity index (χ3n) is 1.75. The Hall–Kier alpha value is 0.137. The van der Waals surface area contributed by atoms with Gasteiger partial charge in [0.1, 0.15) is 0 Å². The molecular weight excluding hydrogens is 308 g/mol. The van der Waals surface area contributed by atoms with Crippen molar-refractivity contribution in [1.82, 2.24) is 0 Å². The molecule has 0 amide bonds. The Morgan fingerprint density at radius 1 is 1.23 bits per heavy atom. The molecule has 0 aliphatic carbocycles. The maximum Gasteiger partial charge on any atom is 0.208 e. The van der Waals surface area contributed by atoms with Crippen molar-refractivity contribution in [2.45, 2.75) is 12.1 Å². The quantitative estimate of drug-likeness (QED) is 0.443. The van der Waals surface area contributed by atoms with Crippen LogP contribution < -0.4 is 0 Å². The lowest BCUT2D eigenvalue weighted by molar-refractivity contribution is 1.35. The van der Waals surface area contributed by atoms with Gasteiger partial charge in [-0.1, -0.05) is 36.4 Å². The van der Waals surface area contributed by atoms with Crippen LogP contribution in [0.4, 0.5) is 0 Å². The van der Waals surface area contributed by atoms with E-state index in [0.717, 1.165) is 12.1 Å². The van der Waals surface area contributed by atoms with Crippen molar-refractivity contribution in [1.29, 1.82) is 0 Å². The first-order chi connectivity index (χ1) is 6.14. The van der Waals surface area contributed by atoms with E-state index < -0.39 is 5.31 Å². The fraction of sp³-hybridized carbons (Fsp3) is 0.200. The summed E-state index contributed by atoms with van der Waals surface area (Å²) in [6.07, 6.45) is 1.97. The van der Waals surface area contributed by atoms with Crippen LogP contribution in [0.3, 0.4) is 0 Å². The summed E-state index contributed by atoms with van der Waals surface area (Å²) in [6, 6.07) is 12.7. The van der Waals surface area contributed by atoms with Crippen LogP contribution in [0.25, 0.3) is 0 Å². The monoisotopic (exact) mass is 318 g/mol. The number of rotatable bonds is 4. The van der Waals surface area contributed by atoms with Crippen molar-refractivity contribution in [2.75, 3.05) is 0 Å². The predicted molar refractivity (Wildman–Crippen MR) is 68.8 cm³/mol. The molecule has 1 aromatic carbocycles. The van der Waals surface area contributed by atoms with Gasteiger partial charge in [-0.2, -0.15) is 0 Å². The molecule has 0 saturated carbocycles. The number of allylic oxidation sites excluding steroid dienone is 1. The molecule has 13 heavy (non-hydrogen) atoms. The van der Waals surface area contributed by atoms with Crippen LogP contribution in [0.2, 0.25) is 6.04 Å². The second-order valence-corrected chi connectivity index (χ2v) is 17.8. The Balaban J connectivity index is 2.63. The first-order valence-electron chi connectivity index (χ1n) is 4.17. The molecule has 0 radical (unpaired) electrons. The van der Waals surface area contributed by atoms with E-state index in [2.05, 4.69) is 61.4 Å². The summed E-state index contributed by atoms with van der Waals surface area (Å²) in [5.41, 5.74) is 1.38. The molecular formula is C10H12Br2Si. The molecule has 0 aliphatic rings. The Labute approximate surface area is 96.2 Å². The lowest BCUT2D eigenvalue weighted by atomic mass is 10.2. The van der Waals surface area contributed by atoms with Crippen LogP contribution in [-0.4, -0.2) is 5.31 Å². The average molecular weight is 320 g/mol. The van der Waals surface area contributed by atoms with Crippen LogP contribution >= 0.6 is 30.6 Å². The van der Waals surface area contributed by atoms with Crippen molar-refractivity contribution in [3.63, 3.8) is 0 Å². The van der Waals surface area contributed by atoms with E-state index in [9.17, 15) is 0 Å². The van der Waals surface area contributed by atoms with Crippen molar-refractivity contribution in [2.24, 2.45) is 0 Å². The zero-order valence-electron chi connectivity index (χ0n) is 7.34. The average Bonchev–Trinajstić information content (AvgIpc) is 2.04. The fourth-order valence-electron chi connectivity index (χ4n) is 1.18.